The average Bonchev–Trinajstić information content (AvgIpc) is 3.77. The molecule has 3 fully saturated rings. The summed E-state index contributed by atoms with van der Waals surface area (Å²) in [6, 6.07) is 16.1. The summed E-state index contributed by atoms with van der Waals surface area (Å²) >= 11 is 1.13. The second-order valence-corrected chi connectivity index (χ2v) is 14.8. The number of benzene rings is 2. The second-order valence-electron chi connectivity index (χ2n) is 12.1. The van der Waals surface area contributed by atoms with Crippen LogP contribution in [0.5, 0.6) is 0 Å². The van der Waals surface area contributed by atoms with Crippen molar-refractivity contribution in [1.82, 2.24) is 15.1 Å². The maximum absolute atomic E-state index is 14.3. The van der Waals surface area contributed by atoms with Gasteiger partial charge in [0.15, 0.2) is 0 Å². The highest BCUT2D eigenvalue weighted by atomic mass is 32.1. The van der Waals surface area contributed by atoms with E-state index in [0.717, 1.165) is 36.2 Å². The van der Waals surface area contributed by atoms with E-state index in [1.165, 1.54) is 24.3 Å². The molecule has 13 heteroatoms. The summed E-state index contributed by atoms with van der Waals surface area (Å²) in [5, 5.41) is 13.2. The first-order chi connectivity index (χ1) is 21.5. The van der Waals surface area contributed by atoms with Crippen LogP contribution in [0, 0.1) is 17.2 Å². The summed E-state index contributed by atoms with van der Waals surface area (Å²) in [6.45, 7) is 0.721. The summed E-state index contributed by atoms with van der Waals surface area (Å²) in [5.41, 5.74) is 0.832. The van der Waals surface area contributed by atoms with Gasteiger partial charge in [0, 0.05) is 29.7 Å². The highest BCUT2D eigenvalue weighted by Gasteiger charge is 2.47. The number of fused-ring (bicyclic) bond motifs is 2. The number of nitrogens with zero attached hydrogens (tertiary/aromatic N) is 3. The topological polar surface area (TPSA) is 151 Å². The molecule has 4 heterocycles. The molecule has 3 aliphatic heterocycles. The Labute approximate surface area is 264 Å². The molecule has 3 aliphatic rings. The fourth-order valence-corrected chi connectivity index (χ4v) is 8.51. The zero-order valence-electron chi connectivity index (χ0n) is 24.4. The first kappa shape index (κ1) is 31.4. The molecule has 45 heavy (non-hydrogen) atoms. The Morgan fingerprint density at radius 3 is 2.53 bits per heavy atom. The van der Waals surface area contributed by atoms with Crippen molar-refractivity contribution in [3.8, 4) is 6.07 Å². The quantitative estimate of drug-likeness (QED) is 0.322. The summed E-state index contributed by atoms with van der Waals surface area (Å²) < 4.78 is 26.3. The van der Waals surface area contributed by atoms with Crippen molar-refractivity contribution in [2.45, 2.75) is 68.5 Å². The molecular formula is C32H34FN4O6PS. The van der Waals surface area contributed by atoms with Crippen LogP contribution in [0.15, 0.2) is 54.6 Å². The van der Waals surface area contributed by atoms with Crippen molar-refractivity contribution in [2.24, 2.45) is 5.92 Å². The maximum atomic E-state index is 14.3. The smallest absolute Gasteiger partial charge is 0.340 e. The molecule has 6 rings (SSSR count). The molecule has 0 spiro atoms. The zero-order valence-corrected chi connectivity index (χ0v) is 26.1. The van der Waals surface area contributed by atoms with Gasteiger partial charge in [0.2, 0.25) is 17.7 Å². The van der Waals surface area contributed by atoms with Gasteiger partial charge in [-0.25, -0.2) is 4.39 Å². The van der Waals surface area contributed by atoms with E-state index in [9.17, 15) is 38.4 Å². The molecule has 6 atom stereocenters. The van der Waals surface area contributed by atoms with Crippen molar-refractivity contribution >= 4 is 46.7 Å². The molecule has 3 aromatic rings. The predicted molar refractivity (Wildman–Crippen MR) is 166 cm³/mol. The van der Waals surface area contributed by atoms with Gasteiger partial charge in [-0.15, -0.1) is 11.3 Å². The van der Waals surface area contributed by atoms with E-state index in [1.54, 1.807) is 9.80 Å². The average molecular weight is 653 g/mol. The van der Waals surface area contributed by atoms with Gasteiger partial charge in [-0.3, -0.25) is 18.9 Å². The Balaban J connectivity index is 1.18. The molecule has 10 nitrogen and oxygen atoms in total. The Bertz CT molecular complexity index is 1710. The van der Waals surface area contributed by atoms with Crippen molar-refractivity contribution < 1.29 is 33.1 Å². The number of nitrogens with one attached hydrogen (secondary N) is 1. The summed E-state index contributed by atoms with van der Waals surface area (Å²) in [4.78, 5) is 63.5. The first-order valence-corrected chi connectivity index (χ1v) is 17.6. The zero-order chi connectivity index (χ0) is 31.9. The van der Waals surface area contributed by atoms with Crippen molar-refractivity contribution in [3.05, 3.63) is 70.6 Å². The number of hydrogen-bond acceptors (Lipinski definition) is 6. The molecule has 0 aliphatic carbocycles. The number of carbonyl (C=O) groups is 3. The number of thiophene rings is 1. The lowest BCUT2D eigenvalue weighted by atomic mass is 9.90. The van der Waals surface area contributed by atoms with Crippen molar-refractivity contribution in [1.29, 1.82) is 5.26 Å². The van der Waals surface area contributed by atoms with Gasteiger partial charge in [-0.2, -0.15) is 5.26 Å². The molecule has 3 saturated heterocycles. The number of halogens is 1. The van der Waals surface area contributed by atoms with Crippen LogP contribution in [0.1, 0.15) is 71.2 Å². The third-order valence-corrected chi connectivity index (χ3v) is 11.3. The highest BCUT2D eigenvalue weighted by Crippen LogP contribution is 2.53. The SMILES string of the molecule is N#C[C@H]1CN(C(=O)[C@@H]2CC[C@@H]3CCCC[C@H](NC(=O)c4cc5cc([C@@H](F)P(=O)(O)O)ccc5s4)C(=O)N32)C[C@@H]1c1ccccc1. The number of rotatable bonds is 6. The number of amides is 3. The molecule has 236 valence electrons. The van der Waals surface area contributed by atoms with Gasteiger partial charge < -0.3 is 24.9 Å². The molecular weight excluding hydrogens is 618 g/mol. The van der Waals surface area contributed by atoms with E-state index in [0.29, 0.717) is 42.4 Å². The van der Waals surface area contributed by atoms with Crippen LogP contribution in [0.2, 0.25) is 0 Å². The maximum Gasteiger partial charge on any atom is 0.363 e. The summed E-state index contributed by atoms with van der Waals surface area (Å²) in [5.74, 6) is -3.83. The fraction of sp³-hybridized carbons (Fsp3) is 0.438. The predicted octanol–water partition coefficient (Wildman–Crippen LogP) is 4.84. The fourth-order valence-electron chi connectivity index (χ4n) is 7.02. The largest absolute Gasteiger partial charge is 0.363 e. The van der Waals surface area contributed by atoms with Crippen LogP contribution in [0.4, 0.5) is 4.39 Å². The van der Waals surface area contributed by atoms with Crippen LogP contribution >= 0.6 is 18.9 Å². The molecule has 0 radical (unpaired) electrons. The van der Waals surface area contributed by atoms with E-state index in [4.69, 9.17) is 0 Å². The third kappa shape index (κ3) is 6.27. The summed E-state index contributed by atoms with van der Waals surface area (Å²) in [6.07, 6.45) is 4.03. The van der Waals surface area contributed by atoms with E-state index in [-0.39, 0.29) is 40.1 Å². The van der Waals surface area contributed by atoms with Crippen molar-refractivity contribution in [3.63, 3.8) is 0 Å². The molecule has 0 saturated carbocycles. The van der Waals surface area contributed by atoms with Gasteiger partial charge >= 0.3 is 7.60 Å². The first-order valence-electron chi connectivity index (χ1n) is 15.1. The number of alkyl halides is 1. The number of hydrogen-bond donors (Lipinski definition) is 3. The van der Waals surface area contributed by atoms with Crippen LogP contribution in [-0.4, -0.2) is 68.5 Å². The van der Waals surface area contributed by atoms with Crippen LogP contribution in [-0.2, 0) is 14.2 Å². The highest BCUT2D eigenvalue weighted by molar-refractivity contribution is 7.51. The Kier molecular flexibility index (Phi) is 8.81. The minimum absolute atomic E-state index is 0.0996. The van der Waals surface area contributed by atoms with E-state index < -0.39 is 31.5 Å². The molecule has 2 aromatic carbocycles. The lowest BCUT2D eigenvalue weighted by Crippen LogP contribution is -2.56. The minimum Gasteiger partial charge on any atom is -0.340 e. The number of nitriles is 1. The third-order valence-electron chi connectivity index (χ3n) is 9.29. The van der Waals surface area contributed by atoms with Gasteiger partial charge in [-0.05, 0) is 60.4 Å². The van der Waals surface area contributed by atoms with E-state index in [1.807, 2.05) is 30.3 Å². The minimum atomic E-state index is -4.98. The molecule has 0 bridgehead atoms. The lowest BCUT2D eigenvalue weighted by Gasteiger charge is -2.36. The van der Waals surface area contributed by atoms with Gasteiger partial charge in [0.05, 0.1) is 16.9 Å². The van der Waals surface area contributed by atoms with E-state index in [2.05, 4.69) is 11.4 Å². The van der Waals surface area contributed by atoms with Gasteiger partial charge in [-0.1, -0.05) is 49.2 Å². The van der Waals surface area contributed by atoms with Crippen LogP contribution < -0.4 is 5.32 Å². The standard InChI is InChI=1S/C32H34FN4O6PS/c33-29(44(41,42)43)20-10-13-27-21(14-20)15-28(45-27)30(38)35-25-9-5-4-8-23-11-12-26(37(23)31(25)39)32(40)36-17-22(16-34)24(18-36)19-6-2-1-3-7-19/h1-3,6-7,10,13-15,22-26,29H,4-5,8-9,11-12,17-18H2,(H,35,38)(H2,41,42,43)/t22-,23-,24+,25-,26-,29-/m0/s1. The van der Waals surface area contributed by atoms with Crippen LogP contribution in [0.3, 0.4) is 0 Å². The van der Waals surface area contributed by atoms with Crippen molar-refractivity contribution in [2.75, 3.05) is 13.1 Å². The normalized spacial score (nSPS) is 26.2. The molecule has 1 aromatic heterocycles. The molecule has 0 unspecified atom stereocenters. The van der Waals surface area contributed by atoms with Gasteiger partial charge in [0.1, 0.15) is 12.1 Å². The van der Waals surface area contributed by atoms with Crippen LogP contribution in [0.25, 0.3) is 10.1 Å². The van der Waals surface area contributed by atoms with E-state index >= 15 is 0 Å². The molecule has 3 amide bonds. The number of carbonyl (C=O) groups excluding carboxylic acids is 3. The Morgan fingerprint density at radius 2 is 1.80 bits per heavy atom. The summed E-state index contributed by atoms with van der Waals surface area (Å²) in [7, 11) is -4.98. The lowest BCUT2D eigenvalue weighted by molar-refractivity contribution is -0.146. The Morgan fingerprint density at radius 1 is 1.04 bits per heavy atom. The monoisotopic (exact) mass is 652 g/mol. The Hall–Kier alpha value is -3.62. The molecule has 3 N–H and O–H groups in total. The number of likely N-dealkylation sites (tertiary alicyclic amines) is 1. The second kappa shape index (κ2) is 12.6. The van der Waals surface area contributed by atoms with Gasteiger partial charge in [0.25, 0.3) is 5.91 Å².